The second-order valence-corrected chi connectivity index (χ2v) is 12.1. The Morgan fingerprint density at radius 1 is 1.20 bits per heavy atom. The molecule has 1 fully saturated rings. The molecule has 2 unspecified atom stereocenters. The summed E-state index contributed by atoms with van der Waals surface area (Å²) in [5.74, 6) is -0.0278. The van der Waals surface area contributed by atoms with Crippen molar-refractivity contribution >= 4 is 23.6 Å². The van der Waals surface area contributed by atoms with Gasteiger partial charge in [-0.25, -0.2) is 4.79 Å². The van der Waals surface area contributed by atoms with Gasteiger partial charge in [0, 0.05) is 24.1 Å². The molecule has 198 valence electrons. The summed E-state index contributed by atoms with van der Waals surface area (Å²) in [6.45, 7) is 15.3. The first-order valence-corrected chi connectivity index (χ1v) is 13.3. The van der Waals surface area contributed by atoms with Gasteiger partial charge < -0.3 is 20.5 Å². The first-order chi connectivity index (χ1) is 16.3. The van der Waals surface area contributed by atoms with E-state index in [0.717, 1.165) is 36.8 Å². The fourth-order valence-corrected chi connectivity index (χ4v) is 5.17. The molecular formula is C28H45ClN2O4. The van der Waals surface area contributed by atoms with Gasteiger partial charge in [0.15, 0.2) is 0 Å². The molecule has 35 heavy (non-hydrogen) atoms. The van der Waals surface area contributed by atoms with Crippen molar-refractivity contribution in [1.29, 1.82) is 0 Å². The standard InChI is InChI=1S/C28H45ClN2O4/c1-8-35-25(33)21-13-19(14-21)16-30-26(34)31-28(7,23(17-32)18(2)3)22-10-9-20(24(29)15-22)11-12-27(4,5)6/h9-10,15,18-19,21,23,32H,8,11-14,16-17H2,1-7H3,(H2,30,31,34). The molecule has 1 saturated carbocycles. The van der Waals surface area contributed by atoms with Crippen LogP contribution in [0.4, 0.5) is 4.79 Å². The molecular weight excluding hydrogens is 464 g/mol. The van der Waals surface area contributed by atoms with Crippen LogP contribution in [-0.2, 0) is 21.5 Å². The van der Waals surface area contributed by atoms with Crippen LogP contribution in [0.25, 0.3) is 0 Å². The molecule has 1 aliphatic rings. The summed E-state index contributed by atoms with van der Waals surface area (Å²) in [5.41, 5.74) is 1.36. The third kappa shape index (κ3) is 8.11. The van der Waals surface area contributed by atoms with Gasteiger partial charge in [-0.15, -0.1) is 0 Å². The van der Waals surface area contributed by atoms with Crippen molar-refractivity contribution in [2.45, 2.75) is 79.7 Å². The van der Waals surface area contributed by atoms with Gasteiger partial charge in [-0.3, -0.25) is 4.79 Å². The minimum atomic E-state index is -0.813. The van der Waals surface area contributed by atoms with Crippen LogP contribution in [0.5, 0.6) is 0 Å². The Kier molecular flexibility index (Phi) is 10.5. The number of esters is 1. The second-order valence-electron chi connectivity index (χ2n) is 11.7. The van der Waals surface area contributed by atoms with E-state index >= 15 is 0 Å². The van der Waals surface area contributed by atoms with Crippen molar-refractivity contribution < 1.29 is 19.4 Å². The highest BCUT2D eigenvalue weighted by atomic mass is 35.5. The molecule has 0 heterocycles. The van der Waals surface area contributed by atoms with E-state index in [2.05, 4.69) is 31.4 Å². The van der Waals surface area contributed by atoms with Crippen LogP contribution in [0.3, 0.4) is 0 Å². The smallest absolute Gasteiger partial charge is 0.315 e. The van der Waals surface area contributed by atoms with Crippen molar-refractivity contribution in [3.05, 3.63) is 34.3 Å². The normalized spacial score (nSPS) is 20.5. The van der Waals surface area contributed by atoms with E-state index in [1.165, 1.54) is 0 Å². The summed E-state index contributed by atoms with van der Waals surface area (Å²) in [6.07, 6.45) is 3.36. The fourth-order valence-electron chi connectivity index (χ4n) is 4.89. The van der Waals surface area contributed by atoms with Crippen molar-refractivity contribution in [1.82, 2.24) is 10.6 Å². The first-order valence-electron chi connectivity index (χ1n) is 12.9. The maximum absolute atomic E-state index is 13.0. The summed E-state index contributed by atoms with van der Waals surface area (Å²) in [6, 6.07) is 5.70. The molecule has 0 bridgehead atoms. The van der Waals surface area contributed by atoms with Crippen molar-refractivity contribution in [3.63, 3.8) is 0 Å². The largest absolute Gasteiger partial charge is 0.466 e. The number of hydrogen-bond acceptors (Lipinski definition) is 4. The van der Waals surface area contributed by atoms with Crippen LogP contribution in [0, 0.1) is 29.1 Å². The summed E-state index contributed by atoms with van der Waals surface area (Å²) in [4.78, 5) is 24.8. The minimum Gasteiger partial charge on any atom is -0.466 e. The predicted octanol–water partition coefficient (Wildman–Crippen LogP) is 5.69. The van der Waals surface area contributed by atoms with Crippen molar-refractivity contribution in [2.24, 2.45) is 29.1 Å². The first kappa shape index (κ1) is 29.4. The summed E-state index contributed by atoms with van der Waals surface area (Å²) < 4.78 is 5.07. The third-order valence-corrected chi connectivity index (χ3v) is 7.67. The van der Waals surface area contributed by atoms with Crippen LogP contribution in [0.15, 0.2) is 18.2 Å². The van der Waals surface area contributed by atoms with Crippen LogP contribution in [0.2, 0.25) is 5.02 Å². The van der Waals surface area contributed by atoms with Gasteiger partial charge in [0.05, 0.1) is 18.1 Å². The van der Waals surface area contributed by atoms with Gasteiger partial charge in [-0.1, -0.05) is 58.4 Å². The number of hydrogen-bond donors (Lipinski definition) is 3. The number of urea groups is 1. The number of nitrogens with one attached hydrogen (secondary N) is 2. The Hall–Kier alpha value is -1.79. The third-order valence-electron chi connectivity index (χ3n) is 7.32. The molecule has 6 nitrogen and oxygen atoms in total. The number of aliphatic hydroxyl groups excluding tert-OH is 1. The lowest BCUT2D eigenvalue weighted by atomic mass is 9.74. The fraction of sp³-hybridized carbons (Fsp3) is 0.714. The molecule has 0 aromatic heterocycles. The lowest BCUT2D eigenvalue weighted by Gasteiger charge is -2.41. The molecule has 1 aromatic rings. The number of halogens is 1. The zero-order valence-corrected chi connectivity index (χ0v) is 23.3. The lowest BCUT2D eigenvalue weighted by Crippen LogP contribution is -2.55. The number of benzene rings is 1. The van der Waals surface area contributed by atoms with E-state index in [0.29, 0.717) is 18.2 Å². The van der Waals surface area contributed by atoms with Gasteiger partial charge >= 0.3 is 12.0 Å². The molecule has 2 rings (SSSR count). The van der Waals surface area contributed by atoms with E-state index in [4.69, 9.17) is 16.3 Å². The van der Waals surface area contributed by atoms with E-state index in [1.807, 2.05) is 39.0 Å². The SMILES string of the molecule is CCOC(=O)C1CC(CNC(=O)NC(C)(c2ccc(CCC(C)(C)C)c(Cl)c2)C(CO)C(C)C)C1. The van der Waals surface area contributed by atoms with E-state index in [9.17, 15) is 14.7 Å². The summed E-state index contributed by atoms with van der Waals surface area (Å²) in [5, 5.41) is 17.0. The number of ether oxygens (including phenoxy) is 1. The van der Waals surface area contributed by atoms with Crippen LogP contribution < -0.4 is 10.6 Å². The van der Waals surface area contributed by atoms with Gasteiger partial charge in [0.1, 0.15) is 0 Å². The topological polar surface area (TPSA) is 87.7 Å². The van der Waals surface area contributed by atoms with Gasteiger partial charge in [0.25, 0.3) is 0 Å². The highest BCUT2D eigenvalue weighted by Gasteiger charge is 2.40. The van der Waals surface area contributed by atoms with E-state index < -0.39 is 5.54 Å². The molecule has 0 radical (unpaired) electrons. The molecule has 2 amide bonds. The highest BCUT2D eigenvalue weighted by molar-refractivity contribution is 6.31. The molecule has 0 spiro atoms. The van der Waals surface area contributed by atoms with Crippen LogP contribution in [-0.4, -0.2) is 36.9 Å². The summed E-state index contributed by atoms with van der Waals surface area (Å²) in [7, 11) is 0. The zero-order chi connectivity index (χ0) is 26.4. The maximum Gasteiger partial charge on any atom is 0.315 e. The second kappa shape index (κ2) is 12.4. The van der Waals surface area contributed by atoms with Crippen LogP contribution in [0.1, 0.15) is 78.9 Å². The molecule has 0 saturated heterocycles. The van der Waals surface area contributed by atoms with Crippen molar-refractivity contribution in [2.75, 3.05) is 19.8 Å². The average Bonchev–Trinajstić information content (AvgIpc) is 2.71. The lowest BCUT2D eigenvalue weighted by molar-refractivity contribution is -0.152. The Labute approximate surface area is 216 Å². The number of carbonyl (C=O) groups is 2. The number of carbonyl (C=O) groups excluding carboxylic acids is 2. The minimum absolute atomic E-state index is 0.0614. The quantitative estimate of drug-likeness (QED) is 0.335. The van der Waals surface area contributed by atoms with Gasteiger partial charge in [0.2, 0.25) is 0 Å². The molecule has 0 aliphatic heterocycles. The number of rotatable bonds is 11. The van der Waals surface area contributed by atoms with Crippen LogP contribution >= 0.6 is 11.6 Å². The Morgan fingerprint density at radius 2 is 1.86 bits per heavy atom. The van der Waals surface area contributed by atoms with Gasteiger partial charge in [-0.05, 0) is 74.0 Å². The number of amides is 2. The molecule has 2 atom stereocenters. The molecule has 7 heteroatoms. The maximum atomic E-state index is 13.0. The number of aryl methyl sites for hydroxylation is 1. The molecule has 1 aromatic carbocycles. The predicted molar refractivity (Wildman–Crippen MR) is 141 cm³/mol. The monoisotopic (exact) mass is 508 g/mol. The van der Waals surface area contributed by atoms with E-state index in [1.54, 1.807) is 6.92 Å². The number of aliphatic hydroxyl groups is 1. The Balaban J connectivity index is 2.11. The van der Waals surface area contributed by atoms with Gasteiger partial charge in [-0.2, -0.15) is 0 Å². The van der Waals surface area contributed by atoms with Crippen molar-refractivity contribution in [3.8, 4) is 0 Å². The Bertz CT molecular complexity index is 861. The average molecular weight is 509 g/mol. The summed E-state index contributed by atoms with van der Waals surface area (Å²) >= 11 is 6.69. The highest BCUT2D eigenvalue weighted by Crippen LogP contribution is 2.37. The zero-order valence-electron chi connectivity index (χ0n) is 22.5. The molecule has 3 N–H and O–H groups in total. The Morgan fingerprint density at radius 3 is 2.37 bits per heavy atom. The van der Waals surface area contributed by atoms with E-state index in [-0.39, 0.29) is 47.7 Å². The molecule has 1 aliphatic carbocycles.